The number of carbonyl (C=O) groups excluding carboxylic acids is 1. The predicted molar refractivity (Wildman–Crippen MR) is 60.3 cm³/mol. The first kappa shape index (κ1) is 12.9. The lowest BCUT2D eigenvalue weighted by Crippen LogP contribution is -2.30. The Hall–Kier alpha value is -2.15. The summed E-state index contributed by atoms with van der Waals surface area (Å²) in [5.41, 5.74) is 10.9. The van der Waals surface area contributed by atoms with Crippen LogP contribution in [0.25, 0.3) is 0 Å². The summed E-state index contributed by atoms with van der Waals surface area (Å²) >= 11 is 0. The summed E-state index contributed by atoms with van der Waals surface area (Å²) in [7, 11) is 0. The summed E-state index contributed by atoms with van der Waals surface area (Å²) in [6.07, 6.45) is -0.943. The molecule has 0 aliphatic heterocycles. The monoisotopic (exact) mass is 239 g/mol. The minimum atomic E-state index is -0.943. The number of ether oxygens (including phenoxy) is 1. The van der Waals surface area contributed by atoms with E-state index in [0.717, 1.165) is 0 Å². The van der Waals surface area contributed by atoms with Gasteiger partial charge in [-0.3, -0.25) is 14.9 Å². The van der Waals surface area contributed by atoms with E-state index >= 15 is 0 Å². The molecule has 0 saturated carbocycles. The van der Waals surface area contributed by atoms with Gasteiger partial charge in [0.1, 0.15) is 0 Å². The molecule has 0 aliphatic rings. The Kier molecular flexibility index (Phi) is 4.00. The number of amides is 1. The molecule has 0 aliphatic carbocycles. The molecule has 17 heavy (non-hydrogen) atoms. The van der Waals surface area contributed by atoms with Gasteiger partial charge >= 0.3 is 5.69 Å². The molecular formula is C10H13N3O4. The molecule has 1 rings (SSSR count). The number of hydrogen-bond acceptors (Lipinski definition) is 5. The molecular weight excluding hydrogens is 226 g/mol. The number of carbonyl (C=O) groups is 1. The lowest BCUT2D eigenvalue weighted by molar-refractivity contribution is -0.386. The van der Waals surface area contributed by atoms with Crippen LogP contribution >= 0.6 is 0 Å². The number of nitrogens with two attached hydrogens (primary N) is 2. The molecule has 1 amide bonds. The average Bonchev–Trinajstić information content (AvgIpc) is 2.28. The van der Waals surface area contributed by atoms with E-state index in [2.05, 4.69) is 0 Å². The summed E-state index contributed by atoms with van der Waals surface area (Å²) in [4.78, 5) is 21.0. The topological polar surface area (TPSA) is 121 Å². The van der Waals surface area contributed by atoms with Crippen molar-refractivity contribution in [2.75, 3.05) is 0 Å². The molecule has 92 valence electrons. The van der Waals surface area contributed by atoms with Gasteiger partial charge in [0.15, 0.2) is 11.9 Å². The number of hydrogen-bond donors (Lipinski definition) is 2. The number of nitro groups is 1. The van der Waals surface area contributed by atoms with Crippen molar-refractivity contribution in [3.05, 3.63) is 33.9 Å². The standard InChI is InChI=1S/C10H13N3O4/c1-6(10(12)14)17-9-4-7(5-11)2-3-8(9)13(15)16/h2-4,6H,5,11H2,1H3,(H2,12,14). The van der Waals surface area contributed by atoms with Crippen LogP contribution in [0, 0.1) is 10.1 Å². The lowest BCUT2D eigenvalue weighted by atomic mass is 10.2. The quantitative estimate of drug-likeness (QED) is 0.565. The van der Waals surface area contributed by atoms with Gasteiger partial charge in [-0.25, -0.2) is 0 Å². The molecule has 1 atom stereocenters. The van der Waals surface area contributed by atoms with Gasteiger partial charge in [0, 0.05) is 12.6 Å². The normalized spacial score (nSPS) is 11.9. The van der Waals surface area contributed by atoms with Crippen LogP contribution in [-0.4, -0.2) is 16.9 Å². The number of nitrogens with zero attached hydrogens (tertiary/aromatic N) is 1. The highest BCUT2D eigenvalue weighted by molar-refractivity contribution is 5.78. The maximum atomic E-state index is 10.8. The molecule has 7 heteroatoms. The molecule has 0 fully saturated rings. The van der Waals surface area contributed by atoms with Gasteiger partial charge in [-0.1, -0.05) is 6.07 Å². The second kappa shape index (κ2) is 5.26. The summed E-state index contributed by atoms with van der Waals surface area (Å²) in [6.45, 7) is 1.64. The highest BCUT2D eigenvalue weighted by Gasteiger charge is 2.19. The van der Waals surface area contributed by atoms with Gasteiger partial charge in [0.2, 0.25) is 0 Å². The van der Waals surface area contributed by atoms with Crippen LogP contribution in [0.5, 0.6) is 5.75 Å². The van der Waals surface area contributed by atoms with E-state index in [1.807, 2.05) is 0 Å². The Bertz CT molecular complexity index is 447. The first-order chi connectivity index (χ1) is 7.95. The predicted octanol–water partition coefficient (Wildman–Crippen LogP) is 0.306. The van der Waals surface area contributed by atoms with Gasteiger partial charge in [-0.05, 0) is 18.6 Å². The van der Waals surface area contributed by atoms with Gasteiger partial charge < -0.3 is 16.2 Å². The fourth-order valence-corrected chi connectivity index (χ4v) is 1.18. The Balaban J connectivity index is 3.09. The van der Waals surface area contributed by atoms with Crippen molar-refractivity contribution in [2.24, 2.45) is 11.5 Å². The van der Waals surface area contributed by atoms with Crippen molar-refractivity contribution in [3.63, 3.8) is 0 Å². The Morgan fingerprint density at radius 2 is 2.24 bits per heavy atom. The first-order valence-electron chi connectivity index (χ1n) is 4.89. The molecule has 0 heterocycles. The summed E-state index contributed by atoms with van der Waals surface area (Å²) in [6, 6.07) is 4.24. The smallest absolute Gasteiger partial charge is 0.310 e. The number of rotatable bonds is 5. The fraction of sp³-hybridized carbons (Fsp3) is 0.300. The Morgan fingerprint density at radius 3 is 2.71 bits per heavy atom. The van der Waals surface area contributed by atoms with E-state index < -0.39 is 16.9 Å². The zero-order chi connectivity index (χ0) is 13.0. The van der Waals surface area contributed by atoms with E-state index in [-0.39, 0.29) is 18.0 Å². The highest BCUT2D eigenvalue weighted by Crippen LogP contribution is 2.28. The van der Waals surface area contributed by atoms with Crippen molar-refractivity contribution in [3.8, 4) is 5.75 Å². The maximum absolute atomic E-state index is 10.8. The van der Waals surface area contributed by atoms with Crippen LogP contribution in [0.3, 0.4) is 0 Å². The Labute approximate surface area is 97.5 Å². The minimum absolute atomic E-state index is 0.00995. The van der Waals surface area contributed by atoms with Crippen molar-refractivity contribution in [1.82, 2.24) is 0 Å². The molecule has 7 nitrogen and oxygen atoms in total. The highest BCUT2D eigenvalue weighted by atomic mass is 16.6. The van der Waals surface area contributed by atoms with Crippen LogP contribution in [0.1, 0.15) is 12.5 Å². The second-order valence-corrected chi connectivity index (χ2v) is 3.43. The zero-order valence-electron chi connectivity index (χ0n) is 9.25. The first-order valence-corrected chi connectivity index (χ1v) is 4.89. The number of nitro benzene ring substituents is 1. The van der Waals surface area contributed by atoms with Gasteiger partial charge in [-0.2, -0.15) is 0 Å². The van der Waals surface area contributed by atoms with Crippen molar-refractivity contribution >= 4 is 11.6 Å². The SMILES string of the molecule is CC(Oc1cc(CN)ccc1[N+](=O)[O-])C(N)=O. The van der Waals surface area contributed by atoms with Crippen LogP contribution in [0.4, 0.5) is 5.69 Å². The minimum Gasteiger partial charge on any atom is -0.474 e. The van der Waals surface area contributed by atoms with Gasteiger partial charge in [0.25, 0.3) is 5.91 Å². The molecule has 1 aromatic carbocycles. The van der Waals surface area contributed by atoms with Crippen LogP contribution in [0.15, 0.2) is 18.2 Å². The summed E-state index contributed by atoms with van der Waals surface area (Å²) < 4.78 is 5.14. The van der Waals surface area contributed by atoms with E-state index in [9.17, 15) is 14.9 Å². The van der Waals surface area contributed by atoms with E-state index in [4.69, 9.17) is 16.2 Å². The van der Waals surface area contributed by atoms with Crippen LogP contribution < -0.4 is 16.2 Å². The van der Waals surface area contributed by atoms with Crippen molar-refractivity contribution < 1.29 is 14.5 Å². The van der Waals surface area contributed by atoms with Gasteiger partial charge in [0.05, 0.1) is 4.92 Å². The molecule has 0 saturated heterocycles. The molecule has 0 aromatic heterocycles. The van der Waals surface area contributed by atoms with E-state index in [0.29, 0.717) is 5.56 Å². The largest absolute Gasteiger partial charge is 0.474 e. The van der Waals surface area contributed by atoms with Crippen molar-refractivity contribution in [1.29, 1.82) is 0 Å². The Morgan fingerprint density at radius 1 is 1.59 bits per heavy atom. The molecule has 0 bridgehead atoms. The van der Waals surface area contributed by atoms with Crippen LogP contribution in [-0.2, 0) is 11.3 Å². The van der Waals surface area contributed by atoms with Crippen LogP contribution in [0.2, 0.25) is 0 Å². The second-order valence-electron chi connectivity index (χ2n) is 3.43. The number of primary amides is 1. The van der Waals surface area contributed by atoms with Gasteiger partial charge in [-0.15, -0.1) is 0 Å². The third kappa shape index (κ3) is 3.15. The summed E-state index contributed by atoms with van der Waals surface area (Å²) in [5, 5.41) is 10.8. The molecule has 0 radical (unpaired) electrons. The molecule has 0 spiro atoms. The average molecular weight is 239 g/mol. The maximum Gasteiger partial charge on any atom is 0.310 e. The zero-order valence-corrected chi connectivity index (χ0v) is 9.25. The third-order valence-electron chi connectivity index (χ3n) is 2.16. The lowest BCUT2D eigenvalue weighted by Gasteiger charge is -2.12. The van der Waals surface area contributed by atoms with E-state index in [1.165, 1.54) is 25.1 Å². The van der Waals surface area contributed by atoms with Crippen molar-refractivity contribution in [2.45, 2.75) is 19.6 Å². The fourth-order valence-electron chi connectivity index (χ4n) is 1.18. The summed E-state index contributed by atoms with van der Waals surface area (Å²) in [5.74, 6) is -0.707. The molecule has 4 N–H and O–H groups in total. The molecule has 1 aromatic rings. The number of benzene rings is 1. The van der Waals surface area contributed by atoms with E-state index in [1.54, 1.807) is 0 Å². The molecule has 1 unspecified atom stereocenters. The third-order valence-corrected chi connectivity index (χ3v) is 2.16.